The lowest BCUT2D eigenvalue weighted by molar-refractivity contribution is -0.131. The van der Waals surface area contributed by atoms with Gasteiger partial charge in [0.15, 0.2) is 6.29 Å². The summed E-state index contributed by atoms with van der Waals surface area (Å²) in [6, 6.07) is 12.4. The van der Waals surface area contributed by atoms with Gasteiger partial charge in [-0.05, 0) is 54.4 Å². The van der Waals surface area contributed by atoms with E-state index in [4.69, 9.17) is 4.74 Å². The molecule has 0 bridgehead atoms. The number of nitrogens with one attached hydrogen (secondary N) is 3. The maximum atomic E-state index is 13.3. The average molecular weight is 556 g/mol. The number of aromatic hydroxyl groups is 1. The number of hydrogen-bond donors (Lipinski definition) is 5. The third-order valence-electron chi connectivity index (χ3n) is 6.14. The first kappa shape index (κ1) is 32.3. The van der Waals surface area contributed by atoms with E-state index in [-0.39, 0.29) is 37.0 Å². The number of amides is 3. The van der Waals surface area contributed by atoms with Crippen LogP contribution in [0.15, 0.2) is 54.6 Å². The fourth-order valence-corrected chi connectivity index (χ4v) is 4.11. The van der Waals surface area contributed by atoms with Crippen molar-refractivity contribution in [2.75, 3.05) is 0 Å². The van der Waals surface area contributed by atoms with Crippen molar-refractivity contribution in [2.45, 2.75) is 77.8 Å². The highest BCUT2D eigenvalue weighted by atomic mass is 16.5. The van der Waals surface area contributed by atoms with E-state index in [1.807, 2.05) is 58.0 Å². The highest BCUT2D eigenvalue weighted by molar-refractivity contribution is 5.91. The molecule has 4 atom stereocenters. The molecule has 0 heterocycles. The number of alkyl carbamates (subject to hydrolysis) is 1. The van der Waals surface area contributed by atoms with Gasteiger partial charge in [0, 0.05) is 0 Å². The second-order valence-corrected chi connectivity index (χ2v) is 10.7. The molecule has 40 heavy (non-hydrogen) atoms. The number of carbonyl (C=O) groups is 4. The zero-order chi connectivity index (χ0) is 29.7. The lowest BCUT2D eigenvalue weighted by atomic mass is 9.98. The van der Waals surface area contributed by atoms with E-state index in [0.29, 0.717) is 18.3 Å². The van der Waals surface area contributed by atoms with Crippen LogP contribution < -0.4 is 16.0 Å². The van der Waals surface area contributed by atoms with Crippen LogP contribution in [-0.2, 0) is 32.1 Å². The number of phenols is 1. The Morgan fingerprint density at radius 2 is 1.35 bits per heavy atom. The van der Waals surface area contributed by atoms with Gasteiger partial charge in [-0.2, -0.15) is 0 Å². The number of rotatable bonds is 15. The SMILES string of the molecule is CC(C)C[C@H](NC(=O)OCc1ccccc1)C(=O)N[C@@H](CC(C)C)C(=O)N[C@@H](Cc1ccc(O)cc1)[C@H](O)C=O. The lowest BCUT2D eigenvalue weighted by Gasteiger charge is -2.27. The maximum Gasteiger partial charge on any atom is 0.408 e. The van der Waals surface area contributed by atoms with E-state index < -0.39 is 42.1 Å². The maximum absolute atomic E-state index is 13.3. The molecule has 3 amide bonds. The van der Waals surface area contributed by atoms with Crippen molar-refractivity contribution in [2.24, 2.45) is 11.8 Å². The first-order valence-electron chi connectivity index (χ1n) is 13.5. The van der Waals surface area contributed by atoms with Gasteiger partial charge in [0.25, 0.3) is 0 Å². The number of aliphatic hydroxyl groups excluding tert-OH is 1. The number of hydrogen-bond acceptors (Lipinski definition) is 7. The molecule has 5 N–H and O–H groups in total. The number of aldehydes is 1. The Hall–Kier alpha value is -3.92. The number of ether oxygens (including phenoxy) is 1. The molecule has 0 radical (unpaired) electrons. The molecule has 218 valence electrons. The Bertz CT molecular complexity index is 1090. The minimum absolute atomic E-state index is 0.0231. The van der Waals surface area contributed by atoms with Crippen molar-refractivity contribution < 1.29 is 34.1 Å². The highest BCUT2D eigenvalue weighted by Crippen LogP contribution is 2.14. The standard InChI is InChI=1S/C30H41N3O7/c1-19(2)14-25(28(37)31-24(27(36)17-34)16-21-10-12-23(35)13-11-21)32-29(38)26(15-20(3)4)33-30(39)40-18-22-8-6-5-7-9-22/h5-13,17,19-20,24-27,35-36H,14-16,18H2,1-4H3,(H,31,37)(H,32,38)(H,33,39)/t24-,25-,26-,27+/m0/s1. The van der Waals surface area contributed by atoms with Crippen molar-refractivity contribution >= 4 is 24.2 Å². The Morgan fingerprint density at radius 3 is 1.90 bits per heavy atom. The summed E-state index contributed by atoms with van der Waals surface area (Å²) < 4.78 is 5.28. The van der Waals surface area contributed by atoms with Crippen molar-refractivity contribution in [1.29, 1.82) is 0 Å². The van der Waals surface area contributed by atoms with Gasteiger partial charge < -0.3 is 35.7 Å². The van der Waals surface area contributed by atoms with Crippen LogP contribution in [0, 0.1) is 11.8 Å². The van der Waals surface area contributed by atoms with E-state index in [9.17, 15) is 29.4 Å². The Kier molecular flexibility index (Phi) is 13.1. The summed E-state index contributed by atoms with van der Waals surface area (Å²) in [6.07, 6.45) is -1.17. The Labute approximate surface area is 235 Å². The Balaban J connectivity index is 2.11. The largest absolute Gasteiger partial charge is 0.508 e. The fraction of sp³-hybridized carbons (Fsp3) is 0.467. The topological polar surface area (TPSA) is 154 Å². The second-order valence-electron chi connectivity index (χ2n) is 10.7. The molecule has 2 rings (SSSR count). The van der Waals surface area contributed by atoms with Crippen molar-refractivity contribution in [3.63, 3.8) is 0 Å². The number of carbonyl (C=O) groups excluding carboxylic acids is 4. The molecule has 0 saturated heterocycles. The summed E-state index contributed by atoms with van der Waals surface area (Å²) in [5.74, 6) is -0.970. The monoisotopic (exact) mass is 555 g/mol. The van der Waals surface area contributed by atoms with Crippen LogP contribution in [0.1, 0.15) is 51.7 Å². The van der Waals surface area contributed by atoms with Crippen LogP contribution >= 0.6 is 0 Å². The third kappa shape index (κ3) is 11.4. The second kappa shape index (κ2) is 16.2. The molecule has 0 saturated carbocycles. The van der Waals surface area contributed by atoms with Gasteiger partial charge in [-0.1, -0.05) is 70.2 Å². The predicted octanol–water partition coefficient (Wildman–Crippen LogP) is 2.85. The van der Waals surface area contributed by atoms with Gasteiger partial charge in [0.2, 0.25) is 11.8 Å². The van der Waals surface area contributed by atoms with Gasteiger partial charge >= 0.3 is 6.09 Å². The van der Waals surface area contributed by atoms with Crippen molar-refractivity contribution in [3.05, 3.63) is 65.7 Å². The minimum Gasteiger partial charge on any atom is -0.508 e. The lowest BCUT2D eigenvalue weighted by Crippen LogP contribution is -2.57. The van der Waals surface area contributed by atoms with E-state index in [1.165, 1.54) is 12.1 Å². The smallest absolute Gasteiger partial charge is 0.408 e. The van der Waals surface area contributed by atoms with Gasteiger partial charge in [-0.25, -0.2) is 4.79 Å². The number of aliphatic hydroxyl groups is 1. The van der Waals surface area contributed by atoms with Crippen molar-refractivity contribution in [1.82, 2.24) is 16.0 Å². The number of benzene rings is 2. The molecule has 2 aromatic carbocycles. The van der Waals surface area contributed by atoms with Crippen LogP contribution in [0.2, 0.25) is 0 Å². The van der Waals surface area contributed by atoms with Gasteiger partial charge in [0.1, 0.15) is 30.5 Å². The van der Waals surface area contributed by atoms with Gasteiger partial charge in [-0.3, -0.25) is 9.59 Å². The molecular weight excluding hydrogens is 514 g/mol. The van der Waals surface area contributed by atoms with Gasteiger partial charge in [-0.15, -0.1) is 0 Å². The van der Waals surface area contributed by atoms with Crippen LogP contribution in [0.5, 0.6) is 5.75 Å². The highest BCUT2D eigenvalue weighted by Gasteiger charge is 2.30. The Morgan fingerprint density at radius 1 is 0.800 bits per heavy atom. The summed E-state index contributed by atoms with van der Waals surface area (Å²) >= 11 is 0. The molecule has 0 aliphatic carbocycles. The first-order valence-corrected chi connectivity index (χ1v) is 13.5. The zero-order valence-electron chi connectivity index (χ0n) is 23.5. The summed E-state index contributed by atoms with van der Waals surface area (Å²) in [7, 11) is 0. The molecule has 0 spiro atoms. The fourth-order valence-electron chi connectivity index (χ4n) is 4.11. The van der Waals surface area contributed by atoms with Crippen LogP contribution in [0.3, 0.4) is 0 Å². The zero-order valence-corrected chi connectivity index (χ0v) is 23.5. The quantitative estimate of drug-likeness (QED) is 0.212. The first-order chi connectivity index (χ1) is 19.0. The average Bonchev–Trinajstić information content (AvgIpc) is 2.91. The molecule has 0 aliphatic rings. The molecular formula is C30H41N3O7. The minimum atomic E-state index is -1.48. The van der Waals surface area contributed by atoms with Crippen molar-refractivity contribution in [3.8, 4) is 5.75 Å². The summed E-state index contributed by atoms with van der Waals surface area (Å²) in [6.45, 7) is 7.65. The molecule has 0 aliphatic heterocycles. The van der Waals surface area contributed by atoms with E-state index in [2.05, 4.69) is 16.0 Å². The summed E-state index contributed by atoms with van der Waals surface area (Å²) in [5.41, 5.74) is 1.49. The molecule has 0 aromatic heterocycles. The third-order valence-corrected chi connectivity index (χ3v) is 6.14. The normalized spacial score (nSPS) is 14.1. The molecule has 10 heteroatoms. The molecule has 2 aromatic rings. The van der Waals surface area contributed by atoms with Crippen LogP contribution in [0.4, 0.5) is 4.79 Å². The molecule has 0 fully saturated rings. The van der Waals surface area contributed by atoms with Crippen LogP contribution in [0.25, 0.3) is 0 Å². The summed E-state index contributed by atoms with van der Waals surface area (Å²) in [4.78, 5) is 50.5. The predicted molar refractivity (Wildman–Crippen MR) is 150 cm³/mol. The number of phenolic OH excluding ortho intramolecular Hbond substituents is 1. The van der Waals surface area contributed by atoms with E-state index in [1.54, 1.807) is 12.1 Å². The molecule has 0 unspecified atom stereocenters. The van der Waals surface area contributed by atoms with Crippen LogP contribution in [-0.4, -0.2) is 58.6 Å². The van der Waals surface area contributed by atoms with Gasteiger partial charge in [0.05, 0.1) is 6.04 Å². The van der Waals surface area contributed by atoms with E-state index >= 15 is 0 Å². The summed E-state index contributed by atoms with van der Waals surface area (Å²) in [5, 5.41) is 27.8. The molecule has 10 nitrogen and oxygen atoms in total. The van der Waals surface area contributed by atoms with E-state index in [0.717, 1.165) is 5.56 Å².